The van der Waals surface area contributed by atoms with E-state index in [4.69, 9.17) is 5.73 Å². The van der Waals surface area contributed by atoms with Crippen molar-refractivity contribution in [3.8, 4) is 0 Å². The Morgan fingerprint density at radius 3 is 3.06 bits per heavy atom. The minimum Gasteiger partial charge on any atom is -0.366 e. The number of fused-ring (bicyclic) bond motifs is 1. The maximum absolute atomic E-state index is 5.68. The Hall–Kier alpha value is -0.320. The summed E-state index contributed by atoms with van der Waals surface area (Å²) in [5, 5.41) is 0. The lowest BCUT2D eigenvalue weighted by molar-refractivity contribution is 0.677. The quantitative estimate of drug-likeness (QED) is 0.840. The molecule has 1 aromatic rings. The molecule has 88 valence electrons. The van der Waals surface area contributed by atoms with Gasteiger partial charge in [0.05, 0.1) is 5.69 Å². The van der Waals surface area contributed by atoms with Crippen LogP contribution in [0.3, 0.4) is 0 Å². The molecule has 1 aromatic carbocycles. The maximum Gasteiger partial charge on any atom is 0.0508 e. The van der Waals surface area contributed by atoms with Gasteiger partial charge in [0.1, 0.15) is 0 Å². The minimum atomic E-state index is 0.584. The summed E-state index contributed by atoms with van der Waals surface area (Å²) in [4.78, 5) is 5.17. The maximum atomic E-state index is 5.68. The average Bonchev–Trinajstić information content (AvgIpc) is 2.32. The summed E-state index contributed by atoms with van der Waals surface area (Å²) in [7, 11) is 0. The highest BCUT2D eigenvalue weighted by molar-refractivity contribution is 8.00. The number of thioether (sulfide) groups is 2. The molecule has 16 heavy (non-hydrogen) atoms. The van der Waals surface area contributed by atoms with E-state index in [-0.39, 0.29) is 0 Å². The normalized spacial score (nSPS) is 19.7. The van der Waals surface area contributed by atoms with Gasteiger partial charge in [0.25, 0.3) is 0 Å². The molecular formula is C12H18N2S2. The molecule has 4 heteroatoms. The molecule has 2 rings (SSSR count). The Kier molecular flexibility index (Phi) is 4.05. The predicted octanol–water partition coefficient (Wildman–Crippen LogP) is 2.67. The van der Waals surface area contributed by atoms with Crippen LogP contribution in [0.15, 0.2) is 28.0 Å². The SMILES string of the molecule is CSc1ccc2c(c1)SCC(C)N2CCN. The van der Waals surface area contributed by atoms with Crippen molar-refractivity contribution in [3.05, 3.63) is 18.2 Å². The fraction of sp³-hybridized carbons (Fsp3) is 0.500. The highest BCUT2D eigenvalue weighted by atomic mass is 32.2. The van der Waals surface area contributed by atoms with E-state index >= 15 is 0 Å². The number of nitrogens with two attached hydrogens (primary N) is 1. The summed E-state index contributed by atoms with van der Waals surface area (Å²) in [5.41, 5.74) is 7.04. The zero-order valence-corrected chi connectivity index (χ0v) is 11.4. The van der Waals surface area contributed by atoms with Crippen LogP contribution in [-0.2, 0) is 0 Å². The highest BCUT2D eigenvalue weighted by Gasteiger charge is 2.22. The fourth-order valence-corrected chi connectivity index (χ4v) is 3.65. The van der Waals surface area contributed by atoms with E-state index < -0.39 is 0 Å². The first-order valence-corrected chi connectivity index (χ1v) is 7.75. The fourth-order valence-electron chi connectivity index (χ4n) is 1.99. The van der Waals surface area contributed by atoms with Gasteiger partial charge in [-0.05, 0) is 31.4 Å². The summed E-state index contributed by atoms with van der Waals surface area (Å²) < 4.78 is 0. The van der Waals surface area contributed by atoms with Crippen LogP contribution < -0.4 is 10.6 Å². The van der Waals surface area contributed by atoms with E-state index in [1.165, 1.54) is 15.5 Å². The molecule has 0 aliphatic carbocycles. The molecule has 1 heterocycles. The van der Waals surface area contributed by atoms with Crippen LogP contribution in [-0.4, -0.2) is 31.1 Å². The number of hydrogen-bond donors (Lipinski definition) is 1. The highest BCUT2D eigenvalue weighted by Crippen LogP contribution is 2.39. The first-order valence-electron chi connectivity index (χ1n) is 5.54. The lowest BCUT2D eigenvalue weighted by Gasteiger charge is -2.36. The Bertz CT molecular complexity index is 368. The van der Waals surface area contributed by atoms with E-state index in [9.17, 15) is 0 Å². The third kappa shape index (κ3) is 2.34. The van der Waals surface area contributed by atoms with Crippen molar-refractivity contribution in [2.75, 3.05) is 30.0 Å². The van der Waals surface area contributed by atoms with Gasteiger partial charge in [0.2, 0.25) is 0 Å². The van der Waals surface area contributed by atoms with E-state index in [0.29, 0.717) is 6.04 Å². The van der Waals surface area contributed by atoms with E-state index in [0.717, 1.165) is 18.8 Å². The zero-order chi connectivity index (χ0) is 11.5. The second-order valence-electron chi connectivity index (χ2n) is 3.98. The standard InChI is InChI=1S/C12H18N2S2/c1-9-8-16-12-7-10(15-2)3-4-11(12)14(9)6-5-13/h3-4,7,9H,5-6,8,13H2,1-2H3. The number of benzene rings is 1. The molecule has 0 aromatic heterocycles. The summed E-state index contributed by atoms with van der Waals surface area (Å²) in [5.74, 6) is 1.16. The van der Waals surface area contributed by atoms with Crippen LogP contribution in [0.5, 0.6) is 0 Å². The van der Waals surface area contributed by atoms with Gasteiger partial charge < -0.3 is 10.6 Å². The van der Waals surface area contributed by atoms with Gasteiger partial charge in [-0.2, -0.15) is 0 Å². The Balaban J connectivity index is 2.32. The van der Waals surface area contributed by atoms with E-state index in [2.05, 4.69) is 36.3 Å². The molecule has 1 aliphatic rings. The molecule has 0 fully saturated rings. The lowest BCUT2D eigenvalue weighted by Crippen LogP contribution is -2.40. The molecular weight excluding hydrogens is 236 g/mol. The first-order chi connectivity index (χ1) is 7.76. The van der Waals surface area contributed by atoms with Crippen LogP contribution in [0.1, 0.15) is 6.92 Å². The largest absolute Gasteiger partial charge is 0.366 e. The van der Waals surface area contributed by atoms with Gasteiger partial charge in [-0.1, -0.05) is 0 Å². The average molecular weight is 254 g/mol. The Morgan fingerprint density at radius 2 is 2.38 bits per heavy atom. The number of rotatable bonds is 3. The van der Waals surface area contributed by atoms with Gasteiger partial charge in [0.15, 0.2) is 0 Å². The zero-order valence-electron chi connectivity index (χ0n) is 9.77. The molecule has 2 nitrogen and oxygen atoms in total. The van der Waals surface area contributed by atoms with Crippen LogP contribution in [0.2, 0.25) is 0 Å². The smallest absolute Gasteiger partial charge is 0.0508 e. The third-order valence-electron chi connectivity index (χ3n) is 2.86. The number of hydrogen-bond acceptors (Lipinski definition) is 4. The molecule has 2 N–H and O–H groups in total. The lowest BCUT2D eigenvalue weighted by atomic mass is 10.2. The van der Waals surface area contributed by atoms with E-state index in [1.54, 1.807) is 11.8 Å². The summed E-state index contributed by atoms with van der Waals surface area (Å²) in [6, 6.07) is 7.31. The van der Waals surface area contributed by atoms with Gasteiger partial charge in [-0.15, -0.1) is 23.5 Å². The topological polar surface area (TPSA) is 29.3 Å². The van der Waals surface area contributed by atoms with Crippen LogP contribution in [0.4, 0.5) is 5.69 Å². The molecule has 0 saturated heterocycles. The van der Waals surface area contributed by atoms with Gasteiger partial charge >= 0.3 is 0 Å². The molecule has 0 amide bonds. The Labute approximate surface area is 106 Å². The van der Waals surface area contributed by atoms with Crippen molar-refractivity contribution in [1.29, 1.82) is 0 Å². The van der Waals surface area contributed by atoms with Gasteiger partial charge in [0, 0.05) is 34.7 Å². The number of anilines is 1. The van der Waals surface area contributed by atoms with Gasteiger partial charge in [-0.3, -0.25) is 0 Å². The van der Waals surface area contributed by atoms with Crippen LogP contribution in [0.25, 0.3) is 0 Å². The second-order valence-corrected chi connectivity index (χ2v) is 5.92. The molecule has 1 unspecified atom stereocenters. The molecule has 0 bridgehead atoms. The van der Waals surface area contributed by atoms with E-state index in [1.807, 2.05) is 11.8 Å². The van der Waals surface area contributed by atoms with Crippen molar-refractivity contribution in [2.45, 2.75) is 22.8 Å². The van der Waals surface area contributed by atoms with Crippen LogP contribution in [0, 0.1) is 0 Å². The molecule has 0 radical (unpaired) electrons. The van der Waals surface area contributed by atoms with Crippen molar-refractivity contribution in [3.63, 3.8) is 0 Å². The Morgan fingerprint density at radius 1 is 1.56 bits per heavy atom. The first kappa shape index (κ1) is 12.1. The minimum absolute atomic E-state index is 0.584. The van der Waals surface area contributed by atoms with Crippen LogP contribution >= 0.6 is 23.5 Å². The summed E-state index contributed by atoms with van der Waals surface area (Å²) in [6.07, 6.45) is 2.12. The number of nitrogens with zero attached hydrogens (tertiary/aromatic N) is 1. The molecule has 1 atom stereocenters. The van der Waals surface area contributed by atoms with Crippen molar-refractivity contribution in [1.82, 2.24) is 0 Å². The van der Waals surface area contributed by atoms with Crippen molar-refractivity contribution in [2.24, 2.45) is 5.73 Å². The summed E-state index contributed by atoms with van der Waals surface area (Å²) in [6.45, 7) is 3.94. The van der Waals surface area contributed by atoms with Crippen molar-refractivity contribution >= 4 is 29.2 Å². The van der Waals surface area contributed by atoms with Gasteiger partial charge in [-0.25, -0.2) is 0 Å². The predicted molar refractivity (Wildman–Crippen MR) is 74.8 cm³/mol. The molecule has 1 aliphatic heterocycles. The van der Waals surface area contributed by atoms with Crippen molar-refractivity contribution < 1.29 is 0 Å². The third-order valence-corrected chi connectivity index (χ3v) is 4.87. The monoisotopic (exact) mass is 254 g/mol. The summed E-state index contributed by atoms with van der Waals surface area (Å²) >= 11 is 3.76. The second kappa shape index (κ2) is 5.34. The molecule has 0 saturated carbocycles. The molecule has 0 spiro atoms.